The summed E-state index contributed by atoms with van der Waals surface area (Å²) < 4.78 is 17.9. The third-order valence-electron chi connectivity index (χ3n) is 1.95. The quantitative estimate of drug-likeness (QED) is 0.609. The molecule has 0 aromatic heterocycles. The molecule has 2 rings (SSSR count). The molecule has 1 aromatic carbocycles. The largest absolute Gasteiger partial charge is 0.489 e. The molecule has 0 atom stereocenters. The number of fused-ring (bicyclic) bond motifs is 1. The second-order valence-corrected chi connectivity index (χ2v) is 2.76. The molecule has 1 heterocycles. The van der Waals surface area contributed by atoms with Crippen molar-refractivity contribution in [3.8, 4) is 5.75 Å². The maximum atomic E-state index is 12.7. The molecule has 0 saturated carbocycles. The van der Waals surface area contributed by atoms with Crippen molar-refractivity contribution in [2.75, 3.05) is 18.1 Å². The van der Waals surface area contributed by atoms with Gasteiger partial charge in [-0.1, -0.05) is 0 Å². The van der Waals surface area contributed by atoms with Gasteiger partial charge in [0, 0.05) is 6.07 Å². The van der Waals surface area contributed by atoms with Crippen molar-refractivity contribution in [2.45, 2.75) is 0 Å². The monoisotopic (exact) mass is 181 g/mol. The lowest BCUT2D eigenvalue weighted by molar-refractivity contribution is -0.107. The first kappa shape index (κ1) is 8.04. The summed E-state index contributed by atoms with van der Waals surface area (Å²) >= 11 is 0. The van der Waals surface area contributed by atoms with Crippen LogP contribution < -0.4 is 9.64 Å². The fourth-order valence-corrected chi connectivity index (χ4v) is 1.32. The van der Waals surface area contributed by atoms with Crippen LogP contribution in [0, 0.1) is 5.82 Å². The van der Waals surface area contributed by atoms with Gasteiger partial charge in [-0.15, -0.1) is 0 Å². The van der Waals surface area contributed by atoms with Gasteiger partial charge in [0.25, 0.3) is 0 Å². The highest BCUT2D eigenvalue weighted by Crippen LogP contribution is 2.30. The zero-order valence-electron chi connectivity index (χ0n) is 6.87. The Bertz CT molecular complexity index is 340. The number of nitrogens with zero attached hydrogens (tertiary/aromatic N) is 1. The number of hydrogen-bond donors (Lipinski definition) is 0. The summed E-state index contributed by atoms with van der Waals surface area (Å²) in [6.07, 6.45) is 0.721. The Hall–Kier alpha value is -1.58. The van der Waals surface area contributed by atoms with E-state index in [0.717, 1.165) is 6.41 Å². The molecule has 1 aliphatic heterocycles. The molecule has 0 unspecified atom stereocenters. The number of hydrogen-bond acceptors (Lipinski definition) is 2. The van der Waals surface area contributed by atoms with Crippen molar-refractivity contribution in [3.05, 3.63) is 24.0 Å². The SMILES string of the molecule is O=CN1CCOc2cc(F)ccc21. The molecule has 68 valence electrons. The Morgan fingerprint density at radius 3 is 3.15 bits per heavy atom. The Labute approximate surface area is 74.7 Å². The van der Waals surface area contributed by atoms with Crippen LogP contribution in [0.2, 0.25) is 0 Å². The highest BCUT2D eigenvalue weighted by atomic mass is 19.1. The van der Waals surface area contributed by atoms with Gasteiger partial charge < -0.3 is 9.64 Å². The van der Waals surface area contributed by atoms with Crippen LogP contribution in [0.4, 0.5) is 10.1 Å². The molecule has 0 aliphatic carbocycles. The summed E-state index contributed by atoms with van der Waals surface area (Å²) in [5.41, 5.74) is 0.627. The van der Waals surface area contributed by atoms with Gasteiger partial charge in [-0.2, -0.15) is 0 Å². The number of benzene rings is 1. The van der Waals surface area contributed by atoms with Crippen LogP contribution in [-0.2, 0) is 4.79 Å². The van der Waals surface area contributed by atoms with E-state index in [9.17, 15) is 9.18 Å². The third kappa shape index (κ3) is 1.35. The fraction of sp³-hybridized carbons (Fsp3) is 0.222. The highest BCUT2D eigenvalue weighted by molar-refractivity contribution is 5.79. The Morgan fingerprint density at radius 1 is 1.54 bits per heavy atom. The lowest BCUT2D eigenvalue weighted by Crippen LogP contribution is -2.31. The zero-order chi connectivity index (χ0) is 9.26. The first-order chi connectivity index (χ1) is 6.31. The fourth-order valence-electron chi connectivity index (χ4n) is 1.32. The first-order valence-electron chi connectivity index (χ1n) is 3.95. The molecular formula is C9H8FNO2. The zero-order valence-corrected chi connectivity index (χ0v) is 6.87. The molecule has 0 N–H and O–H groups in total. The van der Waals surface area contributed by atoms with Crippen LogP contribution in [0.1, 0.15) is 0 Å². The lowest BCUT2D eigenvalue weighted by atomic mass is 10.2. The molecule has 1 aromatic rings. The molecule has 0 bridgehead atoms. The number of rotatable bonds is 1. The van der Waals surface area contributed by atoms with Gasteiger partial charge in [0.05, 0.1) is 12.2 Å². The van der Waals surface area contributed by atoms with Crippen molar-refractivity contribution in [1.29, 1.82) is 0 Å². The molecule has 0 saturated heterocycles. The molecule has 13 heavy (non-hydrogen) atoms. The van der Waals surface area contributed by atoms with E-state index < -0.39 is 0 Å². The van der Waals surface area contributed by atoms with Gasteiger partial charge in [-0.3, -0.25) is 4.79 Å². The standard InChI is InChI=1S/C9H8FNO2/c10-7-1-2-8-9(5-7)13-4-3-11(8)6-12/h1-2,5-6H,3-4H2. The summed E-state index contributed by atoms with van der Waals surface area (Å²) in [5.74, 6) is 0.0739. The second kappa shape index (κ2) is 3.05. The minimum Gasteiger partial charge on any atom is -0.489 e. The molecule has 1 aliphatic rings. The molecule has 3 nitrogen and oxygen atoms in total. The van der Waals surface area contributed by atoms with E-state index in [-0.39, 0.29) is 5.82 Å². The number of halogens is 1. The molecule has 1 amide bonds. The van der Waals surface area contributed by atoms with Gasteiger partial charge in [0.1, 0.15) is 18.2 Å². The maximum absolute atomic E-state index is 12.7. The second-order valence-electron chi connectivity index (χ2n) is 2.76. The molecule has 0 spiro atoms. The average molecular weight is 181 g/mol. The Balaban J connectivity index is 2.45. The van der Waals surface area contributed by atoms with E-state index in [1.54, 1.807) is 0 Å². The highest BCUT2D eigenvalue weighted by Gasteiger charge is 2.17. The maximum Gasteiger partial charge on any atom is 0.214 e. The first-order valence-corrected chi connectivity index (χ1v) is 3.95. The van der Waals surface area contributed by atoms with Crippen LogP contribution in [0.15, 0.2) is 18.2 Å². The predicted octanol–water partition coefficient (Wildman–Crippen LogP) is 1.18. The van der Waals surface area contributed by atoms with E-state index in [2.05, 4.69) is 0 Å². The number of carbonyl (C=O) groups excluding carboxylic acids is 1. The van der Waals surface area contributed by atoms with Crippen molar-refractivity contribution in [1.82, 2.24) is 0 Å². The summed E-state index contributed by atoms with van der Waals surface area (Å²) in [7, 11) is 0. The van der Waals surface area contributed by atoms with Gasteiger partial charge in [-0.25, -0.2) is 4.39 Å². The van der Waals surface area contributed by atoms with E-state index >= 15 is 0 Å². The summed E-state index contributed by atoms with van der Waals surface area (Å²) in [6, 6.07) is 4.13. The predicted molar refractivity (Wildman–Crippen MR) is 45.3 cm³/mol. The number of carbonyl (C=O) groups is 1. The van der Waals surface area contributed by atoms with E-state index in [1.165, 1.54) is 23.1 Å². The average Bonchev–Trinajstić information content (AvgIpc) is 2.16. The summed E-state index contributed by atoms with van der Waals surface area (Å²) in [5, 5.41) is 0. The smallest absolute Gasteiger partial charge is 0.214 e. The van der Waals surface area contributed by atoms with Gasteiger partial charge >= 0.3 is 0 Å². The van der Waals surface area contributed by atoms with E-state index in [1.807, 2.05) is 0 Å². The third-order valence-corrected chi connectivity index (χ3v) is 1.95. The van der Waals surface area contributed by atoms with Crippen LogP contribution in [0.25, 0.3) is 0 Å². The minimum absolute atomic E-state index is 0.355. The number of ether oxygens (including phenoxy) is 1. The Morgan fingerprint density at radius 2 is 2.38 bits per heavy atom. The van der Waals surface area contributed by atoms with Crippen molar-refractivity contribution >= 4 is 12.1 Å². The topological polar surface area (TPSA) is 29.5 Å². The van der Waals surface area contributed by atoms with Crippen LogP contribution >= 0.6 is 0 Å². The van der Waals surface area contributed by atoms with E-state index in [0.29, 0.717) is 24.6 Å². The van der Waals surface area contributed by atoms with Gasteiger partial charge in [0.2, 0.25) is 6.41 Å². The molecule has 4 heteroatoms. The Kier molecular flexibility index (Phi) is 1.88. The molecule has 0 radical (unpaired) electrons. The minimum atomic E-state index is -0.355. The van der Waals surface area contributed by atoms with Crippen LogP contribution in [-0.4, -0.2) is 19.6 Å². The van der Waals surface area contributed by atoms with Crippen LogP contribution in [0.5, 0.6) is 5.75 Å². The number of amides is 1. The van der Waals surface area contributed by atoms with Gasteiger partial charge in [-0.05, 0) is 12.1 Å². The normalized spacial score (nSPS) is 14.7. The molecule has 0 fully saturated rings. The van der Waals surface area contributed by atoms with Crippen molar-refractivity contribution in [3.63, 3.8) is 0 Å². The van der Waals surface area contributed by atoms with E-state index in [4.69, 9.17) is 4.74 Å². The van der Waals surface area contributed by atoms with Crippen molar-refractivity contribution in [2.24, 2.45) is 0 Å². The van der Waals surface area contributed by atoms with Gasteiger partial charge in [0.15, 0.2) is 0 Å². The summed E-state index contributed by atoms with van der Waals surface area (Å²) in [4.78, 5) is 12.1. The van der Waals surface area contributed by atoms with Crippen LogP contribution in [0.3, 0.4) is 0 Å². The summed E-state index contributed by atoms with van der Waals surface area (Å²) in [6.45, 7) is 0.928. The number of anilines is 1. The molecular weight excluding hydrogens is 173 g/mol. The lowest BCUT2D eigenvalue weighted by Gasteiger charge is -2.25. The van der Waals surface area contributed by atoms with Crippen molar-refractivity contribution < 1.29 is 13.9 Å².